The molecule has 0 aromatic heterocycles. The summed E-state index contributed by atoms with van der Waals surface area (Å²) in [7, 11) is 0. The molecule has 0 N–H and O–H groups in total. The molecule has 0 radical (unpaired) electrons. The van der Waals surface area contributed by atoms with Gasteiger partial charge in [0.05, 0.1) is 0 Å². The highest BCUT2D eigenvalue weighted by Crippen LogP contribution is 2.26. The molecule has 0 bridgehead atoms. The Morgan fingerprint density at radius 3 is 1.81 bits per heavy atom. The molecule has 3 rings (SSSR count). The van der Waals surface area contributed by atoms with E-state index < -0.39 is 0 Å². The summed E-state index contributed by atoms with van der Waals surface area (Å²) in [4.78, 5) is 12.9. The second-order valence-corrected chi connectivity index (χ2v) is 8.67. The number of hydrogen-bond donors (Lipinski definition) is 0. The molecule has 1 fully saturated rings. The first-order chi connectivity index (χ1) is 12.2. The highest BCUT2D eigenvalue weighted by atomic mass is 79.9. The van der Waals surface area contributed by atoms with Gasteiger partial charge in [0.25, 0.3) is 0 Å². The Bertz CT molecular complexity index is 696. The zero-order valence-corrected chi connectivity index (χ0v) is 18.3. The second kappa shape index (κ2) is 9.42. The Balaban J connectivity index is 0.000000197. The fourth-order valence-corrected chi connectivity index (χ4v) is 2.78. The van der Waals surface area contributed by atoms with E-state index in [1.807, 2.05) is 69.3 Å². The lowest BCUT2D eigenvalue weighted by atomic mass is 10.2. The number of rotatable bonds is 2. The van der Waals surface area contributed by atoms with Gasteiger partial charge in [-0.25, -0.2) is 4.79 Å². The lowest BCUT2D eigenvalue weighted by molar-refractivity contribution is 0.0131. The minimum Gasteiger partial charge on any atom is -0.457 e. The maximum absolute atomic E-state index is 11.1. The molecular formula is C20H23Br2NO3. The Morgan fingerprint density at radius 1 is 0.962 bits per heavy atom. The maximum Gasteiger partial charge on any atom is 0.410 e. The van der Waals surface area contributed by atoms with Gasteiger partial charge in [-0.3, -0.25) is 0 Å². The number of hydrogen-bond acceptors (Lipinski definition) is 3. The van der Waals surface area contributed by atoms with Crippen LogP contribution < -0.4 is 4.74 Å². The molecule has 1 heterocycles. The Morgan fingerprint density at radius 2 is 1.46 bits per heavy atom. The minimum absolute atomic E-state index is 0.177. The smallest absolute Gasteiger partial charge is 0.410 e. The van der Waals surface area contributed by atoms with Gasteiger partial charge in [-0.2, -0.15) is 0 Å². The Kier molecular flexibility index (Phi) is 7.53. The van der Waals surface area contributed by atoms with Crippen molar-refractivity contribution < 1.29 is 14.3 Å². The molecule has 1 aliphatic rings. The molecule has 26 heavy (non-hydrogen) atoms. The van der Waals surface area contributed by atoms with Crippen molar-refractivity contribution in [2.24, 2.45) is 0 Å². The van der Waals surface area contributed by atoms with Gasteiger partial charge in [-0.15, -0.1) is 0 Å². The SMILES string of the molecule is Brc1cccc(Oc2cccc(Br)c2)c1.CC(C)(C)OC(=O)N1CCC1. The summed E-state index contributed by atoms with van der Waals surface area (Å²) in [5, 5.41) is 0. The van der Waals surface area contributed by atoms with Crippen molar-refractivity contribution in [3.05, 3.63) is 57.5 Å². The van der Waals surface area contributed by atoms with Crippen LogP contribution in [0.15, 0.2) is 57.5 Å². The van der Waals surface area contributed by atoms with Crippen LogP contribution in [0.4, 0.5) is 4.79 Å². The molecule has 1 aliphatic heterocycles. The van der Waals surface area contributed by atoms with Crippen LogP contribution in [-0.4, -0.2) is 29.7 Å². The van der Waals surface area contributed by atoms with Gasteiger partial charge in [-0.1, -0.05) is 44.0 Å². The van der Waals surface area contributed by atoms with E-state index >= 15 is 0 Å². The molecule has 0 spiro atoms. The molecule has 0 aliphatic carbocycles. The van der Waals surface area contributed by atoms with Crippen molar-refractivity contribution in [1.82, 2.24) is 4.90 Å². The number of benzene rings is 2. The van der Waals surface area contributed by atoms with E-state index in [0.29, 0.717) is 0 Å². The summed E-state index contributed by atoms with van der Waals surface area (Å²) in [6.45, 7) is 7.35. The van der Waals surface area contributed by atoms with E-state index in [-0.39, 0.29) is 11.7 Å². The first-order valence-corrected chi connectivity index (χ1v) is 9.98. The molecule has 2 aromatic carbocycles. The summed E-state index contributed by atoms with van der Waals surface area (Å²) in [6.07, 6.45) is 0.933. The van der Waals surface area contributed by atoms with E-state index in [0.717, 1.165) is 40.0 Å². The fourth-order valence-electron chi connectivity index (χ4n) is 2.02. The third-order valence-corrected chi connectivity index (χ3v) is 4.32. The fraction of sp³-hybridized carbons (Fsp3) is 0.350. The van der Waals surface area contributed by atoms with Gasteiger partial charge in [0, 0.05) is 22.0 Å². The second-order valence-electron chi connectivity index (χ2n) is 6.84. The summed E-state index contributed by atoms with van der Waals surface area (Å²) >= 11 is 6.80. The number of ether oxygens (including phenoxy) is 2. The van der Waals surface area contributed by atoms with Crippen molar-refractivity contribution >= 4 is 38.0 Å². The highest BCUT2D eigenvalue weighted by molar-refractivity contribution is 9.10. The predicted octanol–water partition coefficient (Wildman–Crippen LogP) is 6.63. The number of amides is 1. The van der Waals surface area contributed by atoms with Crippen molar-refractivity contribution in [3.63, 3.8) is 0 Å². The third kappa shape index (κ3) is 7.38. The van der Waals surface area contributed by atoms with E-state index in [1.54, 1.807) is 4.90 Å². The summed E-state index contributed by atoms with van der Waals surface area (Å²) in [6, 6.07) is 15.5. The highest BCUT2D eigenvalue weighted by Gasteiger charge is 2.25. The standard InChI is InChI=1S/C12H8Br2O.C8H15NO2/c13-9-3-1-5-11(7-9)15-12-6-2-4-10(14)8-12;1-8(2,3)11-7(10)9-5-4-6-9/h1-8H;4-6H2,1-3H3. The van der Waals surface area contributed by atoms with Crippen LogP contribution >= 0.6 is 31.9 Å². The lowest BCUT2D eigenvalue weighted by Crippen LogP contribution is -2.44. The summed E-state index contributed by atoms with van der Waals surface area (Å²) < 4.78 is 12.8. The average Bonchev–Trinajstić information content (AvgIpc) is 2.44. The normalized spacial score (nSPS) is 13.2. The van der Waals surface area contributed by atoms with E-state index in [2.05, 4.69) is 31.9 Å². The van der Waals surface area contributed by atoms with Crippen LogP contribution in [0.5, 0.6) is 11.5 Å². The van der Waals surface area contributed by atoms with Crippen molar-refractivity contribution in [2.75, 3.05) is 13.1 Å². The third-order valence-electron chi connectivity index (χ3n) is 3.34. The monoisotopic (exact) mass is 483 g/mol. The summed E-state index contributed by atoms with van der Waals surface area (Å²) in [5.74, 6) is 1.64. The molecule has 1 saturated heterocycles. The average molecular weight is 485 g/mol. The van der Waals surface area contributed by atoms with Gasteiger partial charge in [0.2, 0.25) is 0 Å². The number of carbonyl (C=O) groups excluding carboxylic acids is 1. The zero-order valence-electron chi connectivity index (χ0n) is 15.2. The van der Waals surface area contributed by atoms with E-state index in [9.17, 15) is 4.79 Å². The molecule has 4 nitrogen and oxygen atoms in total. The van der Waals surface area contributed by atoms with Gasteiger partial charge < -0.3 is 14.4 Å². The molecule has 0 saturated carbocycles. The number of nitrogens with zero attached hydrogens (tertiary/aromatic N) is 1. The molecule has 2 aromatic rings. The van der Waals surface area contributed by atoms with Gasteiger partial charge >= 0.3 is 6.09 Å². The number of carbonyl (C=O) groups is 1. The predicted molar refractivity (Wildman–Crippen MR) is 111 cm³/mol. The molecule has 6 heteroatoms. The maximum atomic E-state index is 11.1. The molecule has 140 valence electrons. The molecular weight excluding hydrogens is 462 g/mol. The lowest BCUT2D eigenvalue weighted by Gasteiger charge is -2.32. The zero-order chi connectivity index (χ0) is 19.2. The van der Waals surface area contributed by atoms with Crippen LogP contribution in [0, 0.1) is 0 Å². The number of likely N-dealkylation sites (tertiary alicyclic amines) is 1. The van der Waals surface area contributed by atoms with Crippen LogP contribution in [0.3, 0.4) is 0 Å². The van der Waals surface area contributed by atoms with E-state index in [1.165, 1.54) is 0 Å². The van der Waals surface area contributed by atoms with E-state index in [4.69, 9.17) is 9.47 Å². The number of halogens is 2. The topological polar surface area (TPSA) is 38.8 Å². The van der Waals surface area contributed by atoms with Crippen molar-refractivity contribution in [3.8, 4) is 11.5 Å². The molecule has 1 amide bonds. The quantitative estimate of drug-likeness (QED) is 0.480. The Hall–Kier alpha value is -1.53. The van der Waals surface area contributed by atoms with Crippen LogP contribution in [-0.2, 0) is 4.74 Å². The Labute approximate surface area is 171 Å². The van der Waals surface area contributed by atoms with Gasteiger partial charge in [-0.05, 0) is 63.6 Å². The molecule has 0 unspecified atom stereocenters. The van der Waals surface area contributed by atoms with Crippen LogP contribution in [0.25, 0.3) is 0 Å². The van der Waals surface area contributed by atoms with Gasteiger partial charge in [0.15, 0.2) is 0 Å². The van der Waals surface area contributed by atoms with Crippen molar-refractivity contribution in [2.45, 2.75) is 32.8 Å². The first kappa shape index (κ1) is 20.8. The van der Waals surface area contributed by atoms with Crippen molar-refractivity contribution in [1.29, 1.82) is 0 Å². The summed E-state index contributed by atoms with van der Waals surface area (Å²) in [5.41, 5.74) is -0.354. The largest absolute Gasteiger partial charge is 0.457 e. The minimum atomic E-state index is -0.354. The van der Waals surface area contributed by atoms with Gasteiger partial charge in [0.1, 0.15) is 17.1 Å². The first-order valence-electron chi connectivity index (χ1n) is 8.40. The molecule has 0 atom stereocenters. The van der Waals surface area contributed by atoms with Crippen LogP contribution in [0.1, 0.15) is 27.2 Å². The van der Waals surface area contributed by atoms with Crippen LogP contribution in [0.2, 0.25) is 0 Å².